The van der Waals surface area contributed by atoms with Crippen LogP contribution in [0.1, 0.15) is 17.0 Å². The second-order valence-electron chi connectivity index (χ2n) is 6.13. The molecule has 0 unspecified atom stereocenters. The van der Waals surface area contributed by atoms with Crippen molar-refractivity contribution in [1.82, 2.24) is 24.7 Å². The van der Waals surface area contributed by atoms with Gasteiger partial charge in [-0.1, -0.05) is 0 Å². The van der Waals surface area contributed by atoms with Crippen LogP contribution in [0.5, 0.6) is 0 Å². The molecule has 11 heteroatoms. The summed E-state index contributed by atoms with van der Waals surface area (Å²) in [6, 6.07) is 0. The second kappa shape index (κ2) is 6.71. The molecule has 1 aliphatic heterocycles. The van der Waals surface area contributed by atoms with Crippen molar-refractivity contribution in [3.8, 4) is 0 Å². The molecule has 3 rings (SSSR count). The van der Waals surface area contributed by atoms with E-state index in [-0.39, 0.29) is 18.2 Å². The fraction of sp³-hybridized carbons (Fsp3) is 0.600. The number of hydrogen-bond acceptors (Lipinski definition) is 6. The van der Waals surface area contributed by atoms with Crippen LogP contribution in [0, 0.1) is 13.8 Å². The number of anilines is 1. The molecule has 0 N–H and O–H groups in total. The van der Waals surface area contributed by atoms with Crippen LogP contribution in [0.15, 0.2) is 0 Å². The third-order valence-corrected chi connectivity index (χ3v) is 4.52. The number of carbonyl (C=O) groups is 1. The van der Waals surface area contributed by atoms with Gasteiger partial charge in [0.15, 0.2) is 11.5 Å². The first-order valence-corrected chi connectivity index (χ1v) is 8.05. The van der Waals surface area contributed by atoms with Gasteiger partial charge in [-0.2, -0.15) is 17.7 Å². The zero-order valence-corrected chi connectivity index (χ0v) is 14.7. The molecule has 0 aliphatic carbocycles. The molecule has 3 heterocycles. The quantitative estimate of drug-likeness (QED) is 0.802. The van der Waals surface area contributed by atoms with Gasteiger partial charge in [-0.25, -0.2) is 0 Å². The number of aromatic nitrogens is 4. The molecule has 8 nitrogen and oxygen atoms in total. The molecule has 1 fully saturated rings. The molecular weight excluding hydrogens is 353 g/mol. The fourth-order valence-electron chi connectivity index (χ4n) is 2.97. The lowest BCUT2D eigenvalue weighted by Gasteiger charge is -2.36. The molecule has 0 saturated carbocycles. The first kappa shape index (κ1) is 18.4. The van der Waals surface area contributed by atoms with Crippen LogP contribution < -0.4 is 4.90 Å². The Morgan fingerprint density at radius 1 is 1.12 bits per heavy atom. The third kappa shape index (κ3) is 3.18. The highest BCUT2D eigenvalue weighted by Gasteiger charge is 2.38. The first-order valence-electron chi connectivity index (χ1n) is 8.05. The van der Waals surface area contributed by atoms with E-state index in [1.165, 1.54) is 7.11 Å². The number of alkyl halides is 3. The van der Waals surface area contributed by atoms with E-state index < -0.39 is 12.0 Å². The van der Waals surface area contributed by atoms with Gasteiger partial charge in [-0.05, 0) is 13.8 Å². The van der Waals surface area contributed by atoms with E-state index in [0.29, 0.717) is 37.6 Å². The summed E-state index contributed by atoms with van der Waals surface area (Å²) < 4.78 is 45.0. The van der Waals surface area contributed by atoms with Crippen molar-refractivity contribution in [2.24, 2.45) is 0 Å². The van der Waals surface area contributed by atoms with E-state index in [2.05, 4.69) is 15.3 Å². The van der Waals surface area contributed by atoms with Gasteiger partial charge < -0.3 is 14.5 Å². The average Bonchev–Trinajstić information content (AvgIpc) is 3.03. The van der Waals surface area contributed by atoms with Crippen molar-refractivity contribution in [3.05, 3.63) is 17.0 Å². The summed E-state index contributed by atoms with van der Waals surface area (Å²) >= 11 is 0. The van der Waals surface area contributed by atoms with E-state index in [1.807, 2.05) is 4.90 Å². The average molecular weight is 372 g/mol. The number of aryl methyl sites for hydroxylation is 1. The minimum Gasteiger partial charge on any atom is -0.375 e. The van der Waals surface area contributed by atoms with Crippen molar-refractivity contribution in [1.29, 1.82) is 0 Å². The molecule has 26 heavy (non-hydrogen) atoms. The second-order valence-corrected chi connectivity index (χ2v) is 6.13. The Balaban J connectivity index is 1.91. The van der Waals surface area contributed by atoms with Gasteiger partial charge in [0.2, 0.25) is 5.91 Å². The standard InChI is InChI=1S/C15H19F3N6O2/c1-9-10(2)13(21-24-12(9)19-20-14(24)15(16,17)18)23-6-4-22(5-7-23)11(25)8-26-3/h4-8H2,1-3H3. The van der Waals surface area contributed by atoms with E-state index in [0.717, 1.165) is 10.1 Å². The number of halogens is 3. The Morgan fingerprint density at radius 2 is 1.77 bits per heavy atom. The predicted molar refractivity (Wildman–Crippen MR) is 85.9 cm³/mol. The Kier molecular flexibility index (Phi) is 4.74. The molecule has 142 valence electrons. The predicted octanol–water partition coefficient (Wildman–Crippen LogP) is 1.05. The SMILES string of the molecule is COCC(=O)N1CCN(c2nn3c(C(F)(F)F)nnc3c(C)c2C)CC1. The van der Waals surface area contributed by atoms with Crippen LogP contribution in [-0.2, 0) is 15.7 Å². The van der Waals surface area contributed by atoms with E-state index in [4.69, 9.17) is 4.74 Å². The molecule has 0 bridgehead atoms. The number of ether oxygens (including phenoxy) is 1. The van der Waals surface area contributed by atoms with Gasteiger partial charge in [-0.15, -0.1) is 15.3 Å². The van der Waals surface area contributed by atoms with Gasteiger partial charge in [-0.3, -0.25) is 4.79 Å². The van der Waals surface area contributed by atoms with Crippen molar-refractivity contribution >= 4 is 17.4 Å². The minimum atomic E-state index is -4.64. The highest BCUT2D eigenvalue weighted by Crippen LogP contribution is 2.30. The Labute approximate surface area is 147 Å². The summed E-state index contributed by atoms with van der Waals surface area (Å²) in [4.78, 5) is 15.4. The lowest BCUT2D eigenvalue weighted by molar-refractivity contribution is -0.146. The van der Waals surface area contributed by atoms with Gasteiger partial charge in [0.1, 0.15) is 6.61 Å². The van der Waals surface area contributed by atoms with E-state index >= 15 is 0 Å². The molecule has 1 aliphatic rings. The van der Waals surface area contributed by atoms with Crippen LogP contribution in [-0.4, -0.2) is 70.5 Å². The maximum Gasteiger partial charge on any atom is 0.453 e. The normalized spacial score (nSPS) is 15.8. The molecule has 0 spiro atoms. The molecule has 2 aromatic rings. The topological polar surface area (TPSA) is 75.9 Å². The van der Waals surface area contributed by atoms with Gasteiger partial charge in [0.05, 0.1) is 0 Å². The van der Waals surface area contributed by atoms with E-state index in [1.54, 1.807) is 18.7 Å². The first-order chi connectivity index (χ1) is 12.2. The molecule has 0 aromatic carbocycles. The van der Waals surface area contributed by atoms with Crippen LogP contribution >= 0.6 is 0 Å². The Morgan fingerprint density at radius 3 is 2.35 bits per heavy atom. The summed E-state index contributed by atoms with van der Waals surface area (Å²) in [6.45, 7) is 5.35. The third-order valence-electron chi connectivity index (χ3n) is 4.52. The zero-order valence-electron chi connectivity index (χ0n) is 14.7. The molecule has 1 saturated heterocycles. The summed E-state index contributed by atoms with van der Waals surface area (Å²) in [7, 11) is 1.46. The number of hydrogen-bond donors (Lipinski definition) is 0. The summed E-state index contributed by atoms with van der Waals surface area (Å²) in [5, 5.41) is 11.0. The van der Waals surface area contributed by atoms with Crippen LogP contribution in [0.4, 0.5) is 19.0 Å². The molecule has 1 amide bonds. The summed E-state index contributed by atoms with van der Waals surface area (Å²) in [5.41, 5.74) is 1.43. The lowest BCUT2D eigenvalue weighted by atomic mass is 10.1. The Hall–Kier alpha value is -2.43. The summed E-state index contributed by atoms with van der Waals surface area (Å²) in [6.07, 6.45) is -4.64. The zero-order chi connectivity index (χ0) is 19.1. The van der Waals surface area contributed by atoms with Gasteiger partial charge >= 0.3 is 6.18 Å². The maximum absolute atomic E-state index is 13.1. The van der Waals surface area contributed by atoms with Crippen molar-refractivity contribution in [3.63, 3.8) is 0 Å². The van der Waals surface area contributed by atoms with Crippen LogP contribution in [0.25, 0.3) is 5.65 Å². The fourth-order valence-corrected chi connectivity index (χ4v) is 2.97. The van der Waals surface area contributed by atoms with E-state index in [9.17, 15) is 18.0 Å². The lowest BCUT2D eigenvalue weighted by Crippen LogP contribution is -2.50. The number of fused-ring (bicyclic) bond motifs is 1. The summed E-state index contributed by atoms with van der Waals surface area (Å²) in [5.74, 6) is -0.813. The van der Waals surface area contributed by atoms with Crippen molar-refractivity contribution < 1.29 is 22.7 Å². The highest BCUT2D eigenvalue weighted by atomic mass is 19.4. The number of nitrogens with zero attached hydrogens (tertiary/aromatic N) is 6. The minimum absolute atomic E-state index is 0.0119. The highest BCUT2D eigenvalue weighted by molar-refractivity contribution is 5.77. The Bertz CT molecular complexity index is 827. The van der Waals surface area contributed by atoms with Crippen LogP contribution in [0.2, 0.25) is 0 Å². The number of carbonyl (C=O) groups excluding carboxylic acids is 1. The molecule has 2 aromatic heterocycles. The van der Waals surface area contributed by atoms with Crippen molar-refractivity contribution in [2.45, 2.75) is 20.0 Å². The van der Waals surface area contributed by atoms with Crippen LogP contribution in [0.3, 0.4) is 0 Å². The smallest absolute Gasteiger partial charge is 0.375 e. The monoisotopic (exact) mass is 372 g/mol. The van der Waals surface area contributed by atoms with Gasteiger partial charge in [0.25, 0.3) is 5.82 Å². The maximum atomic E-state index is 13.1. The van der Waals surface area contributed by atoms with Gasteiger partial charge in [0, 0.05) is 44.4 Å². The molecule has 0 radical (unpaired) electrons. The number of methoxy groups -OCH3 is 1. The number of rotatable bonds is 3. The number of amides is 1. The van der Waals surface area contributed by atoms with Crippen molar-refractivity contribution in [2.75, 3.05) is 44.8 Å². The number of piperazine rings is 1. The molecule has 0 atom stereocenters. The molecular formula is C15H19F3N6O2. The largest absolute Gasteiger partial charge is 0.453 e.